The maximum absolute atomic E-state index is 12.6. The molecule has 0 saturated carbocycles. The lowest BCUT2D eigenvalue weighted by molar-refractivity contribution is 0.0770. The minimum absolute atomic E-state index is 0.0549. The summed E-state index contributed by atoms with van der Waals surface area (Å²) in [6, 6.07) is 7.09. The van der Waals surface area contributed by atoms with Gasteiger partial charge in [0.2, 0.25) is 11.8 Å². The molecule has 0 bridgehead atoms. The molecule has 0 aromatic carbocycles. The summed E-state index contributed by atoms with van der Waals surface area (Å²) in [7, 11) is 3.81. The number of ether oxygens (including phenoxy) is 2. The molecule has 0 N–H and O–H groups in total. The molecule has 1 aliphatic heterocycles. The van der Waals surface area contributed by atoms with Crippen LogP contribution in [0.2, 0.25) is 0 Å². The Morgan fingerprint density at radius 1 is 1.23 bits per heavy atom. The van der Waals surface area contributed by atoms with Crippen LogP contribution in [0.15, 0.2) is 30.5 Å². The third-order valence-electron chi connectivity index (χ3n) is 4.08. The molecule has 8 heteroatoms. The number of amides is 1. The topological polar surface area (TPSA) is 80.7 Å². The lowest BCUT2D eigenvalue weighted by atomic mass is 10.2. The molecule has 1 saturated heterocycles. The Balaban J connectivity index is 1.56. The smallest absolute Gasteiger partial charge is 0.255 e. The fourth-order valence-electron chi connectivity index (χ4n) is 2.72. The van der Waals surface area contributed by atoms with E-state index in [1.807, 2.05) is 32.0 Å². The average molecular weight is 357 g/mol. The molecule has 1 amide bonds. The van der Waals surface area contributed by atoms with Crippen molar-refractivity contribution in [2.75, 3.05) is 38.7 Å². The number of aromatic nitrogens is 3. The van der Waals surface area contributed by atoms with Gasteiger partial charge in [-0.15, -0.1) is 10.2 Å². The van der Waals surface area contributed by atoms with Crippen LogP contribution in [-0.4, -0.2) is 65.9 Å². The van der Waals surface area contributed by atoms with Gasteiger partial charge in [-0.25, -0.2) is 4.98 Å². The highest BCUT2D eigenvalue weighted by Crippen LogP contribution is 2.19. The zero-order valence-electron chi connectivity index (χ0n) is 15.3. The first-order chi connectivity index (χ1) is 12.6. The molecule has 8 nitrogen and oxygen atoms in total. The number of pyridine rings is 1. The lowest BCUT2D eigenvalue weighted by Crippen LogP contribution is -2.31. The predicted molar refractivity (Wildman–Crippen MR) is 96.7 cm³/mol. The van der Waals surface area contributed by atoms with E-state index in [9.17, 15) is 4.79 Å². The third kappa shape index (κ3) is 4.19. The van der Waals surface area contributed by atoms with Gasteiger partial charge in [-0.05, 0) is 19.1 Å². The standard InChI is InChI=1S/C18H23N5O3/c1-4-25-16-7-5-13(11-19-16)18(24)23-10-9-14(12-23)26-17-8-6-15(20-21-17)22(2)3/h5-8,11,14H,4,9-10,12H2,1-3H3. The lowest BCUT2D eigenvalue weighted by Gasteiger charge is -2.17. The molecule has 0 aliphatic carbocycles. The van der Waals surface area contributed by atoms with E-state index in [4.69, 9.17) is 9.47 Å². The van der Waals surface area contributed by atoms with Crippen molar-refractivity contribution < 1.29 is 14.3 Å². The SMILES string of the molecule is CCOc1ccc(C(=O)N2CCC(Oc3ccc(N(C)C)nn3)C2)cn1. The highest BCUT2D eigenvalue weighted by atomic mass is 16.5. The summed E-state index contributed by atoms with van der Waals surface area (Å²) < 4.78 is 11.2. The second-order valence-electron chi connectivity index (χ2n) is 6.22. The first kappa shape index (κ1) is 17.9. The van der Waals surface area contributed by atoms with Crippen LogP contribution in [0.1, 0.15) is 23.7 Å². The number of anilines is 1. The maximum atomic E-state index is 12.6. The Bertz CT molecular complexity index is 733. The summed E-state index contributed by atoms with van der Waals surface area (Å²) in [5, 5.41) is 8.17. The van der Waals surface area contributed by atoms with Crippen molar-refractivity contribution in [1.29, 1.82) is 0 Å². The summed E-state index contributed by atoms with van der Waals surface area (Å²) in [6.07, 6.45) is 2.22. The summed E-state index contributed by atoms with van der Waals surface area (Å²) in [5.41, 5.74) is 0.546. The molecule has 3 heterocycles. The van der Waals surface area contributed by atoms with E-state index < -0.39 is 0 Å². The van der Waals surface area contributed by atoms with Gasteiger partial charge >= 0.3 is 0 Å². The van der Waals surface area contributed by atoms with Crippen LogP contribution in [0.5, 0.6) is 11.8 Å². The number of hydrogen-bond donors (Lipinski definition) is 0. The molecule has 138 valence electrons. The van der Waals surface area contributed by atoms with E-state index in [2.05, 4.69) is 15.2 Å². The van der Waals surface area contributed by atoms with E-state index in [0.717, 1.165) is 12.2 Å². The Labute approximate surface area is 152 Å². The normalized spacial score (nSPS) is 16.4. The molecule has 0 radical (unpaired) electrons. The van der Waals surface area contributed by atoms with Crippen LogP contribution in [0.4, 0.5) is 5.82 Å². The molecule has 2 aromatic heterocycles. The predicted octanol–water partition coefficient (Wildman–Crippen LogP) is 1.63. The van der Waals surface area contributed by atoms with Crippen molar-refractivity contribution >= 4 is 11.7 Å². The van der Waals surface area contributed by atoms with Crippen LogP contribution < -0.4 is 14.4 Å². The first-order valence-corrected chi connectivity index (χ1v) is 8.62. The number of nitrogens with zero attached hydrogens (tertiary/aromatic N) is 5. The quantitative estimate of drug-likeness (QED) is 0.777. The number of likely N-dealkylation sites (tertiary alicyclic amines) is 1. The molecule has 26 heavy (non-hydrogen) atoms. The van der Waals surface area contributed by atoms with Crippen molar-refractivity contribution in [2.45, 2.75) is 19.4 Å². The summed E-state index contributed by atoms with van der Waals surface area (Å²) in [6.45, 7) is 3.59. The summed E-state index contributed by atoms with van der Waals surface area (Å²) >= 11 is 0. The van der Waals surface area contributed by atoms with E-state index in [-0.39, 0.29) is 12.0 Å². The zero-order valence-corrected chi connectivity index (χ0v) is 15.3. The molecule has 3 rings (SSSR count). The van der Waals surface area contributed by atoms with Crippen LogP contribution >= 0.6 is 0 Å². The Morgan fingerprint density at radius 2 is 2.04 bits per heavy atom. The van der Waals surface area contributed by atoms with Crippen LogP contribution in [0, 0.1) is 0 Å². The van der Waals surface area contributed by atoms with E-state index in [0.29, 0.717) is 37.0 Å². The largest absolute Gasteiger partial charge is 0.478 e. The number of rotatable bonds is 6. The average Bonchev–Trinajstić information content (AvgIpc) is 3.11. The van der Waals surface area contributed by atoms with Crippen LogP contribution in [0.3, 0.4) is 0 Å². The van der Waals surface area contributed by atoms with E-state index >= 15 is 0 Å². The fraction of sp³-hybridized carbons (Fsp3) is 0.444. The molecule has 2 aromatic rings. The third-order valence-corrected chi connectivity index (χ3v) is 4.08. The van der Waals surface area contributed by atoms with Crippen molar-refractivity contribution in [3.63, 3.8) is 0 Å². The molecule has 1 unspecified atom stereocenters. The highest BCUT2D eigenvalue weighted by Gasteiger charge is 2.28. The first-order valence-electron chi connectivity index (χ1n) is 8.62. The monoisotopic (exact) mass is 357 g/mol. The van der Waals surface area contributed by atoms with Gasteiger partial charge in [-0.3, -0.25) is 4.79 Å². The van der Waals surface area contributed by atoms with E-state index in [1.54, 1.807) is 29.3 Å². The zero-order chi connectivity index (χ0) is 18.5. The van der Waals surface area contributed by atoms with Crippen molar-refractivity contribution in [1.82, 2.24) is 20.1 Å². The van der Waals surface area contributed by atoms with Crippen LogP contribution in [-0.2, 0) is 0 Å². The molecule has 0 spiro atoms. The van der Waals surface area contributed by atoms with Gasteiger partial charge in [-0.2, -0.15) is 0 Å². The van der Waals surface area contributed by atoms with Crippen molar-refractivity contribution in [2.24, 2.45) is 0 Å². The number of carbonyl (C=O) groups is 1. The molecular formula is C18H23N5O3. The van der Waals surface area contributed by atoms with Crippen LogP contribution in [0.25, 0.3) is 0 Å². The minimum Gasteiger partial charge on any atom is -0.478 e. The van der Waals surface area contributed by atoms with E-state index in [1.165, 1.54) is 0 Å². The summed E-state index contributed by atoms with van der Waals surface area (Å²) in [4.78, 5) is 20.4. The Hall–Kier alpha value is -2.90. The highest BCUT2D eigenvalue weighted by molar-refractivity contribution is 5.94. The van der Waals surface area contributed by atoms with Crippen molar-refractivity contribution in [3.8, 4) is 11.8 Å². The van der Waals surface area contributed by atoms with Gasteiger partial charge in [0, 0.05) is 45.4 Å². The summed E-state index contributed by atoms with van der Waals surface area (Å²) in [5.74, 6) is 1.70. The second kappa shape index (κ2) is 7.99. The van der Waals surface area contributed by atoms with Gasteiger partial charge in [0.25, 0.3) is 5.91 Å². The number of carbonyl (C=O) groups excluding carboxylic acids is 1. The molecule has 1 aliphatic rings. The number of hydrogen-bond acceptors (Lipinski definition) is 7. The van der Waals surface area contributed by atoms with Crippen molar-refractivity contribution in [3.05, 3.63) is 36.0 Å². The van der Waals surface area contributed by atoms with Gasteiger partial charge in [-0.1, -0.05) is 0 Å². The Kier molecular flexibility index (Phi) is 5.50. The molecule has 1 atom stereocenters. The molecular weight excluding hydrogens is 334 g/mol. The second-order valence-corrected chi connectivity index (χ2v) is 6.22. The maximum Gasteiger partial charge on any atom is 0.255 e. The van der Waals surface area contributed by atoms with Gasteiger partial charge in [0.05, 0.1) is 18.7 Å². The Morgan fingerprint density at radius 3 is 2.65 bits per heavy atom. The molecule has 1 fully saturated rings. The van der Waals surface area contributed by atoms with Gasteiger partial charge in [0.15, 0.2) is 5.82 Å². The van der Waals surface area contributed by atoms with Gasteiger partial charge in [0.1, 0.15) is 6.10 Å². The van der Waals surface area contributed by atoms with Gasteiger partial charge < -0.3 is 19.3 Å². The minimum atomic E-state index is -0.0888. The fourth-order valence-corrected chi connectivity index (χ4v) is 2.72.